The minimum Gasteiger partial charge on any atom is -0.494 e. The molecule has 0 radical (unpaired) electrons. The molecule has 3 rings (SSSR count). The standard InChI is InChI=1S/C21H21N5O7S/c1-2-11-33-16-9-5-14(6-10-16)19(28)25-24-18(27)13-3-7-15(8-4-13)26-34(31,32)17-12-22-21(30)23-20(17)29/h3-10,12,26H,2,11H2,1H3,(H,24,27)(H,25,28)(H2,22,23,29,30). The van der Waals surface area contributed by atoms with E-state index in [1.807, 2.05) is 11.9 Å². The minimum atomic E-state index is -4.28. The Morgan fingerprint density at radius 2 is 1.47 bits per heavy atom. The number of hydrogen-bond donors (Lipinski definition) is 5. The molecule has 0 bridgehead atoms. The number of nitrogens with one attached hydrogen (secondary N) is 5. The Morgan fingerprint density at radius 1 is 0.912 bits per heavy atom. The van der Waals surface area contributed by atoms with E-state index in [0.29, 0.717) is 17.9 Å². The molecule has 0 unspecified atom stereocenters. The predicted molar refractivity (Wildman–Crippen MR) is 122 cm³/mol. The molecule has 3 aromatic rings. The quantitative estimate of drug-likeness (QED) is 0.290. The first kappa shape index (κ1) is 24.3. The summed E-state index contributed by atoms with van der Waals surface area (Å²) in [5, 5.41) is 0. The Bertz CT molecular complexity index is 1390. The van der Waals surface area contributed by atoms with Crippen LogP contribution in [0.5, 0.6) is 5.75 Å². The highest BCUT2D eigenvalue weighted by atomic mass is 32.2. The molecule has 5 N–H and O–H groups in total. The summed E-state index contributed by atoms with van der Waals surface area (Å²) >= 11 is 0. The number of hydrogen-bond acceptors (Lipinski definition) is 7. The molecule has 0 saturated carbocycles. The molecule has 0 aliphatic carbocycles. The van der Waals surface area contributed by atoms with Crippen molar-refractivity contribution < 1.29 is 22.7 Å². The Morgan fingerprint density at radius 3 is 2.00 bits per heavy atom. The average Bonchev–Trinajstić information content (AvgIpc) is 2.81. The van der Waals surface area contributed by atoms with E-state index in [-0.39, 0.29) is 11.3 Å². The number of carbonyl (C=O) groups is 2. The lowest BCUT2D eigenvalue weighted by atomic mass is 10.2. The topological polar surface area (TPSA) is 179 Å². The van der Waals surface area contributed by atoms with Crippen LogP contribution in [0.3, 0.4) is 0 Å². The van der Waals surface area contributed by atoms with Crippen LogP contribution in [0.1, 0.15) is 34.1 Å². The highest BCUT2D eigenvalue weighted by Gasteiger charge is 2.19. The van der Waals surface area contributed by atoms with E-state index in [0.717, 1.165) is 12.6 Å². The Kier molecular flexibility index (Phi) is 7.48. The highest BCUT2D eigenvalue weighted by Crippen LogP contribution is 2.14. The molecule has 12 nitrogen and oxygen atoms in total. The van der Waals surface area contributed by atoms with Gasteiger partial charge in [0.05, 0.1) is 6.61 Å². The number of carbonyl (C=O) groups excluding carboxylic acids is 2. The number of H-pyrrole nitrogens is 2. The number of aromatic amines is 2. The largest absolute Gasteiger partial charge is 0.494 e. The average molecular weight is 487 g/mol. The lowest BCUT2D eigenvalue weighted by Crippen LogP contribution is -2.41. The molecule has 0 aliphatic heterocycles. The van der Waals surface area contributed by atoms with E-state index < -0.39 is 38.0 Å². The maximum absolute atomic E-state index is 12.3. The predicted octanol–water partition coefficient (Wildman–Crippen LogP) is 0.728. The van der Waals surface area contributed by atoms with Gasteiger partial charge in [0.2, 0.25) is 0 Å². The van der Waals surface area contributed by atoms with Crippen molar-refractivity contribution in [1.82, 2.24) is 20.8 Å². The number of hydrazine groups is 1. The third kappa shape index (κ3) is 6.10. The monoisotopic (exact) mass is 487 g/mol. The van der Waals surface area contributed by atoms with E-state index in [2.05, 4.69) is 20.6 Å². The molecule has 0 atom stereocenters. The third-order valence-electron chi connectivity index (χ3n) is 4.35. The Balaban J connectivity index is 1.59. The van der Waals surface area contributed by atoms with Crippen LogP contribution in [-0.4, -0.2) is 36.8 Å². The van der Waals surface area contributed by atoms with E-state index in [9.17, 15) is 27.6 Å². The molecule has 0 aliphatic rings. The van der Waals surface area contributed by atoms with E-state index in [1.54, 1.807) is 24.3 Å². The van der Waals surface area contributed by atoms with Gasteiger partial charge in [-0.1, -0.05) is 6.92 Å². The Labute approximate surface area is 193 Å². The summed E-state index contributed by atoms with van der Waals surface area (Å²) in [4.78, 5) is 50.5. The van der Waals surface area contributed by atoms with Crippen LogP contribution in [0.15, 0.2) is 69.2 Å². The normalized spacial score (nSPS) is 10.9. The summed E-state index contributed by atoms with van der Waals surface area (Å²) in [7, 11) is -4.28. The number of amides is 2. The van der Waals surface area contributed by atoms with Crippen molar-refractivity contribution >= 4 is 27.5 Å². The second-order valence-electron chi connectivity index (χ2n) is 6.90. The summed E-state index contributed by atoms with van der Waals surface area (Å²) in [6.45, 7) is 2.54. The first-order valence-corrected chi connectivity index (χ1v) is 11.5. The smallest absolute Gasteiger partial charge is 0.325 e. The molecule has 0 spiro atoms. The zero-order chi connectivity index (χ0) is 24.7. The molecular formula is C21H21N5O7S. The molecule has 2 amide bonds. The van der Waals surface area contributed by atoms with Crippen molar-refractivity contribution in [3.8, 4) is 5.75 Å². The SMILES string of the molecule is CCCOc1ccc(C(=O)NNC(=O)c2ccc(NS(=O)(=O)c3c[nH]c(=O)[nH]c3=O)cc2)cc1. The molecule has 0 saturated heterocycles. The maximum atomic E-state index is 12.3. The Hall–Kier alpha value is -4.39. The summed E-state index contributed by atoms with van der Waals surface area (Å²) in [6, 6.07) is 11.6. The summed E-state index contributed by atoms with van der Waals surface area (Å²) in [6.07, 6.45) is 1.63. The number of benzene rings is 2. The molecule has 1 aromatic heterocycles. The van der Waals surface area contributed by atoms with Crippen LogP contribution >= 0.6 is 0 Å². The fourth-order valence-corrected chi connectivity index (χ4v) is 3.74. The van der Waals surface area contributed by atoms with Crippen molar-refractivity contribution in [3.05, 3.63) is 86.7 Å². The summed E-state index contributed by atoms with van der Waals surface area (Å²) in [5.41, 5.74) is 3.14. The van der Waals surface area contributed by atoms with Crippen LogP contribution in [0.2, 0.25) is 0 Å². The number of anilines is 1. The van der Waals surface area contributed by atoms with Gasteiger partial charge in [0.15, 0.2) is 4.90 Å². The fourth-order valence-electron chi connectivity index (χ4n) is 2.68. The molecule has 13 heteroatoms. The lowest BCUT2D eigenvalue weighted by molar-refractivity contribution is 0.0846. The number of ether oxygens (including phenoxy) is 1. The molecule has 0 fully saturated rings. The van der Waals surface area contributed by atoms with E-state index in [1.165, 1.54) is 24.3 Å². The van der Waals surface area contributed by atoms with Gasteiger partial charge >= 0.3 is 5.69 Å². The van der Waals surface area contributed by atoms with Crippen molar-refractivity contribution in [2.45, 2.75) is 18.2 Å². The van der Waals surface area contributed by atoms with E-state index >= 15 is 0 Å². The van der Waals surface area contributed by atoms with Gasteiger partial charge in [0.25, 0.3) is 27.4 Å². The first-order valence-electron chi connectivity index (χ1n) is 9.98. The molecule has 178 valence electrons. The van der Waals surface area contributed by atoms with Crippen LogP contribution in [-0.2, 0) is 10.0 Å². The number of aromatic nitrogens is 2. The zero-order valence-corrected chi connectivity index (χ0v) is 18.7. The van der Waals surface area contributed by atoms with Gasteiger partial charge in [-0.25, -0.2) is 13.2 Å². The second kappa shape index (κ2) is 10.5. The maximum Gasteiger partial charge on any atom is 0.325 e. The molecule has 1 heterocycles. The van der Waals surface area contributed by atoms with Crippen molar-refractivity contribution in [3.63, 3.8) is 0 Å². The number of sulfonamides is 1. The van der Waals surface area contributed by atoms with Crippen molar-refractivity contribution in [1.29, 1.82) is 0 Å². The highest BCUT2D eigenvalue weighted by molar-refractivity contribution is 7.92. The van der Waals surface area contributed by atoms with Gasteiger partial charge in [0, 0.05) is 23.0 Å². The van der Waals surface area contributed by atoms with Crippen molar-refractivity contribution in [2.24, 2.45) is 0 Å². The van der Waals surface area contributed by atoms with Crippen LogP contribution < -0.4 is 31.6 Å². The van der Waals surface area contributed by atoms with Gasteiger partial charge < -0.3 is 9.72 Å². The van der Waals surface area contributed by atoms with Crippen LogP contribution in [0.4, 0.5) is 5.69 Å². The van der Waals surface area contributed by atoms with Gasteiger partial charge in [0.1, 0.15) is 5.75 Å². The van der Waals surface area contributed by atoms with Gasteiger partial charge in [-0.3, -0.25) is 34.9 Å². The van der Waals surface area contributed by atoms with Crippen LogP contribution in [0.25, 0.3) is 0 Å². The fraction of sp³-hybridized carbons (Fsp3) is 0.143. The summed E-state index contributed by atoms with van der Waals surface area (Å²) < 4.78 is 32.3. The third-order valence-corrected chi connectivity index (χ3v) is 5.74. The molecule has 34 heavy (non-hydrogen) atoms. The lowest BCUT2D eigenvalue weighted by Gasteiger charge is -2.10. The van der Waals surface area contributed by atoms with Crippen molar-refractivity contribution in [2.75, 3.05) is 11.3 Å². The summed E-state index contributed by atoms with van der Waals surface area (Å²) in [5.74, 6) is -0.545. The minimum absolute atomic E-state index is 0.0663. The van der Waals surface area contributed by atoms with Gasteiger partial charge in [-0.2, -0.15) is 0 Å². The molecule has 2 aromatic carbocycles. The first-order chi connectivity index (χ1) is 16.2. The zero-order valence-electron chi connectivity index (χ0n) is 17.9. The van der Waals surface area contributed by atoms with E-state index in [4.69, 9.17) is 4.74 Å². The van der Waals surface area contributed by atoms with Gasteiger partial charge in [-0.15, -0.1) is 0 Å². The number of rotatable bonds is 8. The van der Waals surface area contributed by atoms with Gasteiger partial charge in [-0.05, 0) is 55.0 Å². The van der Waals surface area contributed by atoms with Crippen LogP contribution in [0, 0.1) is 0 Å². The molecular weight excluding hydrogens is 466 g/mol. The second-order valence-corrected chi connectivity index (χ2v) is 8.55.